The zero-order valence-electron chi connectivity index (χ0n) is 10.7. The Morgan fingerprint density at radius 2 is 2.28 bits per heavy atom. The Balaban J connectivity index is 1.77. The molecule has 1 saturated heterocycles. The molecule has 0 radical (unpaired) electrons. The van der Waals surface area contributed by atoms with Crippen LogP contribution >= 0.6 is 0 Å². The van der Waals surface area contributed by atoms with Gasteiger partial charge in [-0.3, -0.25) is 0 Å². The molecule has 1 saturated carbocycles. The van der Waals surface area contributed by atoms with Gasteiger partial charge in [-0.05, 0) is 19.8 Å². The maximum absolute atomic E-state index is 5.86. The third-order valence-electron chi connectivity index (χ3n) is 3.20. The van der Waals surface area contributed by atoms with E-state index in [1.54, 1.807) is 0 Å². The Kier molecular flexibility index (Phi) is 3.32. The number of ether oxygens (including phenoxy) is 2. The first kappa shape index (κ1) is 11.7. The Morgan fingerprint density at radius 3 is 2.94 bits per heavy atom. The molecule has 1 unspecified atom stereocenters. The van der Waals surface area contributed by atoms with E-state index in [0.717, 1.165) is 31.2 Å². The highest BCUT2D eigenvalue weighted by molar-refractivity contribution is 5.39. The average Bonchev–Trinajstić information content (AvgIpc) is 3.09. The van der Waals surface area contributed by atoms with Crippen molar-refractivity contribution in [2.24, 2.45) is 0 Å². The molecule has 0 bridgehead atoms. The van der Waals surface area contributed by atoms with Crippen LogP contribution in [-0.2, 0) is 4.74 Å². The van der Waals surface area contributed by atoms with Gasteiger partial charge in [-0.2, -0.15) is 4.98 Å². The summed E-state index contributed by atoms with van der Waals surface area (Å²) < 4.78 is 11.2. The van der Waals surface area contributed by atoms with E-state index in [4.69, 9.17) is 9.47 Å². The fourth-order valence-corrected chi connectivity index (χ4v) is 2.08. The molecule has 1 N–H and O–H groups in total. The molecule has 2 heterocycles. The van der Waals surface area contributed by atoms with Gasteiger partial charge in [0.2, 0.25) is 5.88 Å². The number of nitrogens with one attached hydrogen (secondary N) is 1. The highest BCUT2D eigenvalue weighted by atomic mass is 16.5. The molecule has 1 atom stereocenters. The Morgan fingerprint density at radius 1 is 1.39 bits per heavy atom. The van der Waals surface area contributed by atoms with Crippen molar-refractivity contribution in [3.05, 3.63) is 11.9 Å². The van der Waals surface area contributed by atoms with Gasteiger partial charge in [0.25, 0.3) is 0 Å². The molecule has 5 nitrogen and oxygen atoms in total. The summed E-state index contributed by atoms with van der Waals surface area (Å²) in [7, 11) is 0. The van der Waals surface area contributed by atoms with E-state index in [1.165, 1.54) is 12.8 Å². The summed E-state index contributed by atoms with van der Waals surface area (Å²) in [4.78, 5) is 9.04. The van der Waals surface area contributed by atoms with Gasteiger partial charge in [0.05, 0.1) is 13.2 Å². The zero-order chi connectivity index (χ0) is 12.4. The minimum Gasteiger partial charge on any atom is -0.472 e. The van der Waals surface area contributed by atoms with Crippen molar-refractivity contribution in [1.82, 2.24) is 9.97 Å². The van der Waals surface area contributed by atoms with Crippen LogP contribution in [0, 0.1) is 0 Å². The smallest absolute Gasteiger partial charge is 0.219 e. The molecule has 5 heteroatoms. The SMILES string of the molecule is CCNc1cc(OC2CCOC2)nc(C2CC2)n1. The Bertz CT molecular complexity index is 415. The van der Waals surface area contributed by atoms with Gasteiger partial charge in [-0.25, -0.2) is 4.98 Å². The maximum Gasteiger partial charge on any atom is 0.219 e. The van der Waals surface area contributed by atoms with Gasteiger partial charge in [0, 0.05) is 24.9 Å². The van der Waals surface area contributed by atoms with E-state index in [1.807, 2.05) is 6.07 Å². The van der Waals surface area contributed by atoms with Gasteiger partial charge in [0.1, 0.15) is 17.7 Å². The van der Waals surface area contributed by atoms with E-state index in [-0.39, 0.29) is 6.10 Å². The molecule has 18 heavy (non-hydrogen) atoms. The van der Waals surface area contributed by atoms with E-state index in [9.17, 15) is 0 Å². The molecule has 2 fully saturated rings. The minimum atomic E-state index is 0.140. The fraction of sp³-hybridized carbons (Fsp3) is 0.692. The average molecular weight is 249 g/mol. The molecule has 0 amide bonds. The zero-order valence-corrected chi connectivity index (χ0v) is 10.7. The van der Waals surface area contributed by atoms with Crippen LogP contribution in [0.3, 0.4) is 0 Å². The van der Waals surface area contributed by atoms with Crippen LogP contribution in [0.4, 0.5) is 5.82 Å². The van der Waals surface area contributed by atoms with Crippen molar-refractivity contribution in [2.75, 3.05) is 25.1 Å². The molecule has 1 aliphatic heterocycles. The molecule has 1 aliphatic carbocycles. The van der Waals surface area contributed by atoms with Gasteiger partial charge >= 0.3 is 0 Å². The first-order valence-corrected chi connectivity index (χ1v) is 6.72. The lowest BCUT2D eigenvalue weighted by Crippen LogP contribution is -2.17. The number of hydrogen-bond acceptors (Lipinski definition) is 5. The lowest BCUT2D eigenvalue weighted by molar-refractivity contribution is 0.138. The van der Waals surface area contributed by atoms with Crippen LogP contribution in [0.15, 0.2) is 6.07 Å². The van der Waals surface area contributed by atoms with E-state index >= 15 is 0 Å². The van der Waals surface area contributed by atoms with Crippen molar-refractivity contribution in [3.8, 4) is 5.88 Å². The number of hydrogen-bond donors (Lipinski definition) is 1. The third kappa shape index (κ3) is 2.72. The predicted molar refractivity (Wildman–Crippen MR) is 68.0 cm³/mol. The molecule has 0 spiro atoms. The second-order valence-corrected chi connectivity index (χ2v) is 4.86. The first-order valence-electron chi connectivity index (χ1n) is 6.72. The van der Waals surface area contributed by atoms with Crippen molar-refractivity contribution >= 4 is 5.82 Å². The predicted octanol–water partition coefficient (Wildman–Crippen LogP) is 1.95. The van der Waals surface area contributed by atoms with Crippen molar-refractivity contribution < 1.29 is 9.47 Å². The van der Waals surface area contributed by atoms with Gasteiger partial charge < -0.3 is 14.8 Å². The van der Waals surface area contributed by atoms with Gasteiger partial charge in [-0.15, -0.1) is 0 Å². The molecular weight excluding hydrogens is 230 g/mol. The second kappa shape index (κ2) is 5.10. The van der Waals surface area contributed by atoms with Crippen LogP contribution in [0.25, 0.3) is 0 Å². The highest BCUT2D eigenvalue weighted by Crippen LogP contribution is 2.39. The number of rotatable bonds is 5. The largest absolute Gasteiger partial charge is 0.472 e. The quantitative estimate of drug-likeness (QED) is 0.864. The van der Waals surface area contributed by atoms with Crippen molar-refractivity contribution in [3.63, 3.8) is 0 Å². The van der Waals surface area contributed by atoms with Crippen LogP contribution in [-0.4, -0.2) is 35.8 Å². The topological polar surface area (TPSA) is 56.3 Å². The molecule has 2 aliphatic rings. The fourth-order valence-electron chi connectivity index (χ4n) is 2.08. The molecule has 0 aromatic carbocycles. The standard InChI is InChI=1S/C13H19N3O2/c1-2-14-11-7-12(18-10-5-6-17-8-10)16-13(15-11)9-3-4-9/h7,9-10H,2-6,8H2,1H3,(H,14,15,16). The molecular formula is C13H19N3O2. The van der Waals surface area contributed by atoms with Crippen molar-refractivity contribution in [2.45, 2.75) is 38.2 Å². The summed E-state index contributed by atoms with van der Waals surface area (Å²) in [6.07, 6.45) is 3.48. The maximum atomic E-state index is 5.86. The van der Waals surface area contributed by atoms with Gasteiger partial charge in [0.15, 0.2) is 0 Å². The van der Waals surface area contributed by atoms with E-state index < -0.39 is 0 Å². The van der Waals surface area contributed by atoms with E-state index in [2.05, 4.69) is 22.2 Å². The molecule has 1 aromatic heterocycles. The summed E-state index contributed by atoms with van der Waals surface area (Å²) in [5.41, 5.74) is 0. The van der Waals surface area contributed by atoms with Crippen LogP contribution in [0.2, 0.25) is 0 Å². The lowest BCUT2D eigenvalue weighted by Gasteiger charge is -2.13. The van der Waals surface area contributed by atoms with Crippen LogP contribution in [0.5, 0.6) is 5.88 Å². The van der Waals surface area contributed by atoms with Crippen molar-refractivity contribution in [1.29, 1.82) is 0 Å². The number of nitrogens with zero attached hydrogens (tertiary/aromatic N) is 2. The lowest BCUT2D eigenvalue weighted by atomic mass is 10.3. The number of anilines is 1. The summed E-state index contributed by atoms with van der Waals surface area (Å²) in [5.74, 6) is 3.00. The van der Waals surface area contributed by atoms with Crippen LogP contribution < -0.4 is 10.1 Å². The third-order valence-corrected chi connectivity index (χ3v) is 3.20. The first-order chi connectivity index (χ1) is 8.85. The molecule has 3 rings (SSSR count). The van der Waals surface area contributed by atoms with E-state index in [0.29, 0.717) is 18.4 Å². The summed E-state index contributed by atoms with van der Waals surface area (Å²) in [6, 6.07) is 1.88. The number of aromatic nitrogens is 2. The molecule has 98 valence electrons. The minimum absolute atomic E-state index is 0.140. The Hall–Kier alpha value is -1.36. The summed E-state index contributed by atoms with van der Waals surface area (Å²) in [6.45, 7) is 4.36. The molecule has 1 aromatic rings. The summed E-state index contributed by atoms with van der Waals surface area (Å²) >= 11 is 0. The van der Waals surface area contributed by atoms with Gasteiger partial charge in [-0.1, -0.05) is 0 Å². The monoisotopic (exact) mass is 249 g/mol. The summed E-state index contributed by atoms with van der Waals surface area (Å²) in [5, 5.41) is 3.23. The van der Waals surface area contributed by atoms with Crippen LogP contribution in [0.1, 0.15) is 37.9 Å². The normalized spacial score (nSPS) is 23.1. The Labute approximate surface area is 107 Å². The second-order valence-electron chi connectivity index (χ2n) is 4.86. The highest BCUT2D eigenvalue weighted by Gasteiger charge is 2.28.